The second-order valence-corrected chi connectivity index (χ2v) is 9.50. The molecule has 1 unspecified atom stereocenters. The second-order valence-electron chi connectivity index (χ2n) is 9.50. The summed E-state index contributed by atoms with van der Waals surface area (Å²) in [5.74, 6) is 0.786. The minimum atomic E-state index is -0.206. The highest BCUT2D eigenvalue weighted by Crippen LogP contribution is 2.28. The fourth-order valence-corrected chi connectivity index (χ4v) is 4.96. The number of anilines is 1. The van der Waals surface area contributed by atoms with Gasteiger partial charge in [-0.2, -0.15) is 0 Å². The van der Waals surface area contributed by atoms with Gasteiger partial charge in [-0.15, -0.1) is 0 Å². The Morgan fingerprint density at radius 3 is 2.78 bits per heavy atom. The summed E-state index contributed by atoms with van der Waals surface area (Å²) in [4.78, 5) is 16.6. The Bertz CT molecular complexity index is 1300. The van der Waals surface area contributed by atoms with Crippen molar-refractivity contribution in [3.05, 3.63) is 78.6 Å². The average Bonchev–Trinajstić information content (AvgIpc) is 3.14. The van der Waals surface area contributed by atoms with Gasteiger partial charge in [-0.05, 0) is 85.9 Å². The zero-order valence-electron chi connectivity index (χ0n) is 20.9. The molecule has 6 heteroatoms. The van der Waals surface area contributed by atoms with Gasteiger partial charge in [-0.1, -0.05) is 36.4 Å². The molecule has 4 aromatic rings. The molecule has 5 rings (SSSR count). The van der Waals surface area contributed by atoms with Crippen LogP contribution in [-0.2, 0) is 11.2 Å². The van der Waals surface area contributed by atoms with E-state index in [1.807, 2.05) is 37.4 Å². The molecule has 0 saturated carbocycles. The zero-order chi connectivity index (χ0) is 24.7. The molecule has 0 aliphatic carbocycles. The Balaban J connectivity index is 1.29. The molecule has 1 atom stereocenters. The van der Waals surface area contributed by atoms with Crippen molar-refractivity contribution in [3.63, 3.8) is 0 Å². The minimum Gasteiger partial charge on any atom is -0.381 e. The molecule has 1 saturated heterocycles. The number of aryl methyl sites for hydroxylation is 1. The highest BCUT2D eigenvalue weighted by atomic mass is 16.5. The Hall–Kier alpha value is -3.64. The van der Waals surface area contributed by atoms with Gasteiger partial charge < -0.3 is 15.4 Å². The van der Waals surface area contributed by atoms with Gasteiger partial charge in [-0.25, -0.2) is 9.78 Å². The first kappa shape index (κ1) is 24.1. The zero-order valence-corrected chi connectivity index (χ0v) is 20.9. The molecule has 1 aliphatic rings. The molecule has 0 radical (unpaired) electrons. The molecule has 2 aromatic carbocycles. The van der Waals surface area contributed by atoms with Gasteiger partial charge in [-0.3, -0.25) is 4.40 Å². The molecule has 0 bridgehead atoms. The van der Waals surface area contributed by atoms with Gasteiger partial charge in [0.25, 0.3) is 0 Å². The topological polar surface area (TPSA) is 67.7 Å². The smallest absolute Gasteiger partial charge is 0.319 e. The Kier molecular flexibility index (Phi) is 7.62. The molecule has 2 amide bonds. The number of fused-ring (bicyclic) bond motifs is 1. The van der Waals surface area contributed by atoms with Crippen LogP contribution in [0.5, 0.6) is 0 Å². The van der Waals surface area contributed by atoms with Gasteiger partial charge in [0.2, 0.25) is 0 Å². The standard InChI is InChI=1S/C30H34N4O2/c1-2-31-30(35)33-27-7-3-6-26(19-27)28-21-32-29-20-25(14-16-34(28)29)24-12-10-23(11-13-24)9-8-22-5-4-17-36-18-15-22/h3,6-7,10-14,16,19-22H,2,4-5,8-9,15,17-18H2,1H3,(H2,31,33,35). The summed E-state index contributed by atoms with van der Waals surface area (Å²) in [6.07, 6.45) is 10.00. The number of imidazole rings is 1. The summed E-state index contributed by atoms with van der Waals surface area (Å²) in [6.45, 7) is 4.32. The minimum absolute atomic E-state index is 0.206. The number of aromatic nitrogens is 2. The first-order valence-corrected chi connectivity index (χ1v) is 13.0. The van der Waals surface area contributed by atoms with E-state index in [2.05, 4.69) is 62.6 Å². The van der Waals surface area contributed by atoms with Crippen LogP contribution in [0.1, 0.15) is 38.2 Å². The van der Waals surface area contributed by atoms with E-state index in [0.717, 1.165) is 53.7 Å². The molecule has 2 N–H and O–H groups in total. The fourth-order valence-electron chi connectivity index (χ4n) is 4.96. The maximum atomic E-state index is 11.9. The van der Waals surface area contributed by atoms with Crippen molar-refractivity contribution in [3.8, 4) is 22.4 Å². The molecule has 3 heterocycles. The molecule has 0 spiro atoms. The Labute approximate surface area is 212 Å². The number of nitrogens with zero attached hydrogens (tertiary/aromatic N) is 2. The van der Waals surface area contributed by atoms with E-state index in [-0.39, 0.29) is 6.03 Å². The van der Waals surface area contributed by atoms with Crippen molar-refractivity contribution < 1.29 is 9.53 Å². The first-order chi connectivity index (χ1) is 17.7. The van der Waals surface area contributed by atoms with Crippen LogP contribution in [0.3, 0.4) is 0 Å². The van der Waals surface area contributed by atoms with Gasteiger partial charge in [0.15, 0.2) is 0 Å². The Morgan fingerprint density at radius 1 is 1.03 bits per heavy atom. The number of hydrogen-bond donors (Lipinski definition) is 2. The maximum Gasteiger partial charge on any atom is 0.319 e. The number of nitrogens with one attached hydrogen (secondary N) is 2. The average molecular weight is 483 g/mol. The summed E-state index contributed by atoms with van der Waals surface area (Å²) in [6, 6.07) is 20.8. The molecule has 1 fully saturated rings. The predicted molar refractivity (Wildman–Crippen MR) is 145 cm³/mol. The van der Waals surface area contributed by atoms with Crippen molar-refractivity contribution in [1.29, 1.82) is 0 Å². The van der Waals surface area contributed by atoms with Gasteiger partial charge in [0.1, 0.15) is 5.65 Å². The number of ether oxygens (including phenoxy) is 1. The monoisotopic (exact) mass is 482 g/mol. The van der Waals surface area contributed by atoms with Crippen LogP contribution in [0.2, 0.25) is 0 Å². The van der Waals surface area contributed by atoms with Gasteiger partial charge in [0, 0.05) is 37.2 Å². The Morgan fingerprint density at radius 2 is 1.92 bits per heavy atom. The highest BCUT2D eigenvalue weighted by Gasteiger charge is 2.13. The lowest BCUT2D eigenvalue weighted by Gasteiger charge is -2.13. The van der Waals surface area contributed by atoms with Crippen LogP contribution in [-0.4, -0.2) is 35.2 Å². The van der Waals surface area contributed by atoms with E-state index in [4.69, 9.17) is 4.74 Å². The first-order valence-electron chi connectivity index (χ1n) is 13.0. The van der Waals surface area contributed by atoms with Gasteiger partial charge >= 0.3 is 6.03 Å². The summed E-state index contributed by atoms with van der Waals surface area (Å²) in [5, 5.41) is 5.63. The van der Waals surface area contributed by atoms with E-state index >= 15 is 0 Å². The van der Waals surface area contributed by atoms with Gasteiger partial charge in [0.05, 0.1) is 11.9 Å². The third-order valence-corrected chi connectivity index (χ3v) is 6.97. The van der Waals surface area contributed by atoms with Crippen LogP contribution >= 0.6 is 0 Å². The molecule has 2 aromatic heterocycles. The number of urea groups is 1. The number of carbonyl (C=O) groups excluding carboxylic acids is 1. The third-order valence-electron chi connectivity index (χ3n) is 6.97. The van der Waals surface area contributed by atoms with E-state index in [1.165, 1.54) is 36.8 Å². The molecule has 6 nitrogen and oxygen atoms in total. The quantitative estimate of drug-likeness (QED) is 0.313. The molecule has 186 valence electrons. The summed E-state index contributed by atoms with van der Waals surface area (Å²) in [5.41, 5.74) is 7.36. The van der Waals surface area contributed by atoms with E-state index < -0.39 is 0 Å². The fraction of sp³-hybridized carbons (Fsp3) is 0.333. The number of rotatable bonds is 7. The van der Waals surface area contributed by atoms with Crippen molar-refractivity contribution >= 4 is 17.4 Å². The lowest BCUT2D eigenvalue weighted by Crippen LogP contribution is -2.28. The van der Waals surface area contributed by atoms with Crippen LogP contribution in [0.4, 0.5) is 10.5 Å². The SMILES string of the molecule is CCNC(=O)Nc1cccc(-c2cnc3cc(-c4ccc(CCC5CCCOCC5)cc4)ccn23)c1. The van der Waals surface area contributed by atoms with E-state index in [0.29, 0.717) is 6.54 Å². The van der Waals surface area contributed by atoms with Crippen molar-refractivity contribution in [1.82, 2.24) is 14.7 Å². The van der Waals surface area contributed by atoms with Crippen molar-refractivity contribution in [2.45, 2.75) is 39.0 Å². The molecular formula is C30H34N4O2. The lowest BCUT2D eigenvalue weighted by molar-refractivity contribution is 0.141. The molecular weight excluding hydrogens is 448 g/mol. The lowest BCUT2D eigenvalue weighted by atomic mass is 9.92. The second kappa shape index (κ2) is 11.4. The summed E-state index contributed by atoms with van der Waals surface area (Å²) < 4.78 is 7.68. The van der Waals surface area contributed by atoms with Crippen LogP contribution in [0.25, 0.3) is 28.0 Å². The molecule has 1 aliphatic heterocycles. The van der Waals surface area contributed by atoms with Crippen LogP contribution < -0.4 is 10.6 Å². The predicted octanol–water partition coefficient (Wildman–Crippen LogP) is 6.56. The number of benzene rings is 2. The van der Waals surface area contributed by atoms with Crippen LogP contribution in [0.15, 0.2) is 73.1 Å². The number of amides is 2. The van der Waals surface area contributed by atoms with E-state index in [1.54, 1.807) is 0 Å². The number of carbonyl (C=O) groups is 1. The highest BCUT2D eigenvalue weighted by molar-refractivity contribution is 5.90. The normalized spacial score (nSPS) is 16.0. The van der Waals surface area contributed by atoms with Crippen molar-refractivity contribution in [2.75, 3.05) is 25.1 Å². The summed E-state index contributed by atoms with van der Waals surface area (Å²) >= 11 is 0. The third kappa shape index (κ3) is 5.77. The van der Waals surface area contributed by atoms with E-state index in [9.17, 15) is 4.79 Å². The summed E-state index contributed by atoms with van der Waals surface area (Å²) in [7, 11) is 0. The number of pyridine rings is 1. The van der Waals surface area contributed by atoms with Crippen LogP contribution in [0, 0.1) is 5.92 Å². The molecule has 36 heavy (non-hydrogen) atoms. The maximum absolute atomic E-state index is 11.9. The number of hydrogen-bond acceptors (Lipinski definition) is 3. The largest absolute Gasteiger partial charge is 0.381 e. The van der Waals surface area contributed by atoms with Crippen molar-refractivity contribution in [2.24, 2.45) is 5.92 Å².